The predicted molar refractivity (Wildman–Crippen MR) is 81.1 cm³/mol. The molecule has 2 amide bonds. The number of hydrogen-bond donors (Lipinski definition) is 1. The van der Waals surface area contributed by atoms with E-state index in [0.717, 1.165) is 22.4 Å². The fraction of sp³-hybridized carbons (Fsp3) is 0.125. The highest BCUT2D eigenvalue weighted by Gasteiger charge is 2.12. The number of nitrogens with one attached hydrogen (secondary N) is 1. The molecule has 21 heavy (non-hydrogen) atoms. The first-order valence-electron chi connectivity index (χ1n) is 6.65. The number of carbonyl (C=O) groups excluding carboxylic acids is 1. The zero-order chi connectivity index (χ0) is 14.7. The Labute approximate surface area is 122 Å². The summed E-state index contributed by atoms with van der Waals surface area (Å²) in [6, 6.07) is 16.9. The minimum Gasteiger partial charge on any atom is -0.356 e. The van der Waals surface area contributed by atoms with Gasteiger partial charge in [-0.2, -0.15) is 0 Å². The van der Waals surface area contributed by atoms with Gasteiger partial charge in [-0.3, -0.25) is 4.90 Å². The average molecular weight is 281 g/mol. The van der Waals surface area contributed by atoms with Crippen LogP contribution in [-0.2, 0) is 6.54 Å². The maximum Gasteiger partial charge on any atom is 0.321 e. The van der Waals surface area contributed by atoms with Gasteiger partial charge in [0, 0.05) is 18.1 Å². The molecule has 0 aliphatic carbocycles. The number of amides is 2. The van der Waals surface area contributed by atoms with Crippen molar-refractivity contribution in [2.24, 2.45) is 0 Å². The van der Waals surface area contributed by atoms with Crippen molar-refractivity contribution in [1.82, 2.24) is 10.5 Å². The molecule has 0 fully saturated rings. The zero-order valence-corrected chi connectivity index (χ0v) is 11.6. The Morgan fingerprint density at radius 2 is 1.86 bits per heavy atom. The van der Waals surface area contributed by atoms with Crippen molar-refractivity contribution in [1.29, 1.82) is 0 Å². The molecule has 0 unspecified atom stereocenters. The molecule has 0 aliphatic rings. The number of urea groups is 1. The first-order valence-corrected chi connectivity index (χ1v) is 6.65. The first kappa shape index (κ1) is 13.2. The van der Waals surface area contributed by atoms with Gasteiger partial charge in [0.25, 0.3) is 0 Å². The van der Waals surface area contributed by atoms with E-state index in [1.54, 1.807) is 11.9 Å². The summed E-state index contributed by atoms with van der Waals surface area (Å²) in [5, 5.41) is 7.75. The molecule has 1 aromatic heterocycles. The molecule has 2 aromatic carbocycles. The van der Waals surface area contributed by atoms with E-state index in [0.29, 0.717) is 6.54 Å². The third kappa shape index (κ3) is 2.72. The lowest BCUT2D eigenvalue weighted by Crippen LogP contribution is -2.36. The number of rotatable bonds is 3. The van der Waals surface area contributed by atoms with E-state index in [2.05, 4.69) is 10.5 Å². The van der Waals surface area contributed by atoms with Crippen LogP contribution in [-0.4, -0.2) is 18.2 Å². The van der Waals surface area contributed by atoms with E-state index in [1.807, 2.05) is 54.6 Å². The molecule has 0 saturated carbocycles. The van der Waals surface area contributed by atoms with Crippen LogP contribution >= 0.6 is 0 Å². The molecule has 1 heterocycles. The molecule has 5 heteroatoms. The van der Waals surface area contributed by atoms with Gasteiger partial charge in [0.2, 0.25) is 0 Å². The molecular weight excluding hydrogens is 266 g/mol. The summed E-state index contributed by atoms with van der Waals surface area (Å²) in [6.07, 6.45) is 0. The number of fused-ring (bicyclic) bond motifs is 1. The van der Waals surface area contributed by atoms with E-state index >= 15 is 0 Å². The Bertz CT molecular complexity index is 752. The highest BCUT2D eigenvalue weighted by Crippen LogP contribution is 2.17. The van der Waals surface area contributed by atoms with Crippen molar-refractivity contribution in [2.75, 3.05) is 11.9 Å². The number of benzene rings is 2. The van der Waals surface area contributed by atoms with E-state index < -0.39 is 0 Å². The number of aromatic nitrogens is 1. The van der Waals surface area contributed by atoms with Gasteiger partial charge >= 0.3 is 6.03 Å². The van der Waals surface area contributed by atoms with Crippen molar-refractivity contribution in [3.8, 4) is 0 Å². The van der Waals surface area contributed by atoms with Crippen LogP contribution in [0.2, 0.25) is 0 Å². The second-order valence-corrected chi connectivity index (χ2v) is 4.68. The van der Waals surface area contributed by atoms with Crippen LogP contribution in [0.4, 0.5) is 10.5 Å². The average Bonchev–Trinajstić information content (AvgIpc) is 2.96. The van der Waals surface area contributed by atoms with E-state index in [4.69, 9.17) is 4.52 Å². The second-order valence-electron chi connectivity index (χ2n) is 4.68. The molecule has 5 nitrogen and oxygen atoms in total. The highest BCUT2D eigenvalue weighted by molar-refractivity contribution is 5.91. The van der Waals surface area contributed by atoms with Gasteiger partial charge in [-0.1, -0.05) is 35.5 Å². The molecule has 106 valence electrons. The summed E-state index contributed by atoms with van der Waals surface area (Å²) >= 11 is 0. The number of carbonyl (C=O) groups is 1. The summed E-state index contributed by atoms with van der Waals surface area (Å²) in [6.45, 7) is 0.326. The minimum absolute atomic E-state index is 0.187. The van der Waals surface area contributed by atoms with Gasteiger partial charge in [0.05, 0.1) is 6.54 Å². The third-order valence-corrected chi connectivity index (χ3v) is 3.31. The van der Waals surface area contributed by atoms with Gasteiger partial charge < -0.3 is 9.84 Å². The summed E-state index contributed by atoms with van der Waals surface area (Å²) < 4.78 is 5.21. The molecule has 3 aromatic rings. The van der Waals surface area contributed by atoms with Gasteiger partial charge in [-0.05, 0) is 24.3 Å². The quantitative estimate of drug-likeness (QED) is 0.802. The van der Waals surface area contributed by atoms with Gasteiger partial charge in [0.1, 0.15) is 5.69 Å². The zero-order valence-electron chi connectivity index (χ0n) is 11.6. The van der Waals surface area contributed by atoms with Crippen molar-refractivity contribution >= 4 is 22.7 Å². The summed E-state index contributed by atoms with van der Waals surface area (Å²) in [4.78, 5) is 13.7. The standard InChI is InChI=1S/C16H15N3O2/c1-19(12-7-3-2-4-8-12)16(20)17-11-14-13-9-5-6-10-15(13)21-18-14/h2-10H,11H2,1H3,(H,17,20). The lowest BCUT2D eigenvalue weighted by atomic mass is 10.2. The molecule has 0 aliphatic heterocycles. The maximum atomic E-state index is 12.1. The van der Waals surface area contributed by atoms with Crippen LogP contribution in [0, 0.1) is 0 Å². The van der Waals surface area contributed by atoms with E-state index in [1.165, 1.54) is 0 Å². The van der Waals surface area contributed by atoms with Gasteiger partial charge in [-0.25, -0.2) is 4.79 Å². The van der Waals surface area contributed by atoms with Gasteiger partial charge in [-0.15, -0.1) is 0 Å². The topological polar surface area (TPSA) is 58.4 Å². The van der Waals surface area contributed by atoms with Gasteiger partial charge in [0.15, 0.2) is 5.58 Å². The van der Waals surface area contributed by atoms with Crippen LogP contribution in [0.25, 0.3) is 11.0 Å². The monoisotopic (exact) mass is 281 g/mol. The summed E-state index contributed by atoms with van der Waals surface area (Å²) in [5.41, 5.74) is 2.28. The van der Waals surface area contributed by atoms with Crippen LogP contribution in [0.1, 0.15) is 5.69 Å². The molecule has 1 N–H and O–H groups in total. The van der Waals surface area contributed by atoms with Crippen LogP contribution < -0.4 is 10.2 Å². The Morgan fingerprint density at radius 3 is 2.67 bits per heavy atom. The normalized spacial score (nSPS) is 10.5. The predicted octanol–water partition coefficient (Wildman–Crippen LogP) is 3.17. The number of anilines is 1. The summed E-state index contributed by atoms with van der Waals surface area (Å²) in [5.74, 6) is 0. The molecule has 0 bridgehead atoms. The van der Waals surface area contributed by atoms with Crippen molar-refractivity contribution in [3.63, 3.8) is 0 Å². The third-order valence-electron chi connectivity index (χ3n) is 3.31. The number of nitrogens with zero attached hydrogens (tertiary/aromatic N) is 2. The number of para-hydroxylation sites is 2. The molecular formula is C16H15N3O2. The van der Waals surface area contributed by atoms with Crippen LogP contribution in [0.3, 0.4) is 0 Å². The molecule has 0 spiro atoms. The SMILES string of the molecule is CN(C(=O)NCc1noc2ccccc12)c1ccccc1. The van der Waals surface area contributed by atoms with E-state index in [9.17, 15) is 4.79 Å². The van der Waals surface area contributed by atoms with Crippen LogP contribution in [0.5, 0.6) is 0 Å². The Hall–Kier alpha value is -2.82. The molecule has 0 saturated heterocycles. The highest BCUT2D eigenvalue weighted by atomic mass is 16.5. The Morgan fingerprint density at radius 1 is 1.14 bits per heavy atom. The number of hydrogen-bond acceptors (Lipinski definition) is 3. The minimum atomic E-state index is -0.187. The maximum absolute atomic E-state index is 12.1. The molecule has 0 atom stereocenters. The lowest BCUT2D eigenvalue weighted by Gasteiger charge is -2.17. The lowest BCUT2D eigenvalue weighted by molar-refractivity contribution is 0.247. The van der Waals surface area contributed by atoms with Crippen molar-refractivity contribution in [2.45, 2.75) is 6.54 Å². The Balaban J connectivity index is 1.69. The Kier molecular flexibility index (Phi) is 3.55. The van der Waals surface area contributed by atoms with Crippen LogP contribution in [0.15, 0.2) is 59.1 Å². The van der Waals surface area contributed by atoms with Crippen molar-refractivity contribution < 1.29 is 9.32 Å². The van der Waals surface area contributed by atoms with Crippen molar-refractivity contribution in [3.05, 3.63) is 60.3 Å². The molecule has 0 radical (unpaired) electrons. The smallest absolute Gasteiger partial charge is 0.321 e. The first-order chi connectivity index (χ1) is 10.3. The fourth-order valence-corrected chi connectivity index (χ4v) is 2.11. The fourth-order valence-electron chi connectivity index (χ4n) is 2.11. The summed E-state index contributed by atoms with van der Waals surface area (Å²) in [7, 11) is 1.73. The van der Waals surface area contributed by atoms with E-state index in [-0.39, 0.29) is 6.03 Å². The largest absolute Gasteiger partial charge is 0.356 e. The second kappa shape index (κ2) is 5.66. The molecule has 3 rings (SSSR count).